The molecule has 1 atom stereocenters. The highest BCUT2D eigenvalue weighted by atomic mass is 127. The molecule has 0 aromatic heterocycles. The number of nitro benzene ring substituents is 2. The SMILES string of the molecule is CC(F)(c1ccc(F)c([N+](=O)[O-])c1)C(F)(F)F.O=[N+]([O-])c1cc(I)ccc1F. The minimum absolute atomic E-state index is 0.212. The highest BCUT2D eigenvalue weighted by Gasteiger charge is 2.53. The fourth-order valence-corrected chi connectivity index (χ4v) is 2.21. The number of nitrogens with zero attached hydrogens (tertiary/aromatic N) is 2. The van der Waals surface area contributed by atoms with Gasteiger partial charge in [0.15, 0.2) is 0 Å². The summed E-state index contributed by atoms with van der Waals surface area (Å²) in [4.78, 5) is 18.5. The standard InChI is InChI=1S/C9H6F5NO2.C6H3FINO2/c1-8(11,9(12,13)14)5-2-3-6(10)7(4-5)15(16)17;7-5-2-1-4(8)3-6(5)9(10)11/h2-4H,1H3;1-3H. The molecule has 13 heteroatoms. The van der Waals surface area contributed by atoms with E-state index in [-0.39, 0.29) is 13.0 Å². The van der Waals surface area contributed by atoms with Gasteiger partial charge in [-0.1, -0.05) is 6.07 Å². The van der Waals surface area contributed by atoms with Crippen LogP contribution in [-0.4, -0.2) is 16.0 Å². The van der Waals surface area contributed by atoms with Crippen molar-refractivity contribution in [3.63, 3.8) is 0 Å². The second-order valence-corrected chi connectivity index (χ2v) is 6.52. The fraction of sp³-hybridized carbons (Fsp3) is 0.200. The van der Waals surface area contributed by atoms with Gasteiger partial charge >= 0.3 is 17.6 Å². The van der Waals surface area contributed by atoms with Crippen molar-refractivity contribution in [3.8, 4) is 0 Å². The molecule has 0 spiro atoms. The second-order valence-electron chi connectivity index (χ2n) is 5.28. The summed E-state index contributed by atoms with van der Waals surface area (Å²) >= 11 is 1.88. The molecule has 0 heterocycles. The van der Waals surface area contributed by atoms with Crippen LogP contribution in [0.15, 0.2) is 36.4 Å². The van der Waals surface area contributed by atoms with Crippen LogP contribution in [0.1, 0.15) is 12.5 Å². The number of hydrogen-bond donors (Lipinski definition) is 0. The Balaban J connectivity index is 0.000000307. The van der Waals surface area contributed by atoms with E-state index in [0.29, 0.717) is 15.7 Å². The first kappa shape index (κ1) is 23.6. The van der Waals surface area contributed by atoms with E-state index in [9.17, 15) is 46.6 Å². The Hall–Kier alpha value is -2.45. The Morgan fingerprint density at radius 3 is 1.68 bits per heavy atom. The molecule has 0 aliphatic heterocycles. The van der Waals surface area contributed by atoms with Crippen LogP contribution in [0.3, 0.4) is 0 Å². The first-order valence-electron chi connectivity index (χ1n) is 6.98. The van der Waals surface area contributed by atoms with Crippen molar-refractivity contribution in [1.82, 2.24) is 0 Å². The Morgan fingerprint density at radius 2 is 1.29 bits per heavy atom. The number of halogens is 7. The van der Waals surface area contributed by atoms with E-state index in [4.69, 9.17) is 0 Å². The molecule has 0 aliphatic carbocycles. The minimum atomic E-state index is -5.24. The van der Waals surface area contributed by atoms with Crippen LogP contribution in [0.4, 0.5) is 37.7 Å². The molecule has 0 aliphatic rings. The third-order valence-corrected chi connectivity index (χ3v) is 3.99. The Bertz CT molecular complexity index is 905. The van der Waals surface area contributed by atoms with Gasteiger partial charge in [-0.15, -0.1) is 0 Å². The van der Waals surface area contributed by atoms with E-state index >= 15 is 0 Å². The molecule has 6 nitrogen and oxygen atoms in total. The fourth-order valence-electron chi connectivity index (χ4n) is 1.73. The summed E-state index contributed by atoms with van der Waals surface area (Å²) in [5, 5.41) is 20.4. The highest BCUT2D eigenvalue weighted by molar-refractivity contribution is 14.1. The lowest BCUT2D eigenvalue weighted by Crippen LogP contribution is -2.35. The van der Waals surface area contributed by atoms with Gasteiger partial charge in [0, 0.05) is 21.3 Å². The largest absolute Gasteiger partial charge is 0.426 e. The summed E-state index contributed by atoms with van der Waals surface area (Å²) in [6.07, 6.45) is -5.24. The van der Waals surface area contributed by atoms with Gasteiger partial charge < -0.3 is 0 Å². The van der Waals surface area contributed by atoms with E-state index in [0.717, 1.165) is 6.07 Å². The van der Waals surface area contributed by atoms with E-state index in [2.05, 4.69) is 0 Å². The molecule has 0 N–H and O–H groups in total. The molecule has 2 aromatic rings. The zero-order valence-electron chi connectivity index (χ0n) is 13.6. The Labute approximate surface area is 166 Å². The van der Waals surface area contributed by atoms with Gasteiger partial charge in [-0.05, 0) is 47.7 Å². The van der Waals surface area contributed by atoms with Gasteiger partial charge in [0.05, 0.1) is 9.85 Å². The van der Waals surface area contributed by atoms with Crippen molar-refractivity contribution in [2.45, 2.75) is 18.8 Å². The van der Waals surface area contributed by atoms with E-state index in [1.807, 2.05) is 22.6 Å². The van der Waals surface area contributed by atoms with Gasteiger partial charge in [0.2, 0.25) is 17.3 Å². The van der Waals surface area contributed by atoms with Crippen molar-refractivity contribution >= 4 is 34.0 Å². The van der Waals surface area contributed by atoms with Crippen LogP contribution < -0.4 is 0 Å². The van der Waals surface area contributed by atoms with Crippen molar-refractivity contribution in [3.05, 3.63) is 77.4 Å². The first-order chi connectivity index (χ1) is 12.7. The molecular weight excluding hydrogens is 513 g/mol. The van der Waals surface area contributed by atoms with Crippen LogP contribution >= 0.6 is 22.6 Å². The van der Waals surface area contributed by atoms with Gasteiger partial charge in [-0.25, -0.2) is 4.39 Å². The lowest BCUT2D eigenvalue weighted by molar-refractivity contribution is -0.387. The van der Waals surface area contributed by atoms with Crippen LogP contribution in [0.25, 0.3) is 0 Å². The molecular formula is C15H9F6IN2O4. The Kier molecular flexibility index (Phi) is 7.33. The lowest BCUT2D eigenvalue weighted by Gasteiger charge is -2.23. The van der Waals surface area contributed by atoms with Gasteiger partial charge in [-0.2, -0.15) is 22.0 Å². The quantitative estimate of drug-likeness (QED) is 0.220. The summed E-state index contributed by atoms with van der Waals surface area (Å²) in [5.74, 6) is -2.12. The number of benzene rings is 2. The predicted molar refractivity (Wildman–Crippen MR) is 93.3 cm³/mol. The zero-order chi connectivity index (χ0) is 21.9. The van der Waals surface area contributed by atoms with Crippen LogP contribution in [0.2, 0.25) is 0 Å². The van der Waals surface area contributed by atoms with Gasteiger partial charge in [0.1, 0.15) is 0 Å². The highest BCUT2D eigenvalue weighted by Crippen LogP contribution is 2.43. The van der Waals surface area contributed by atoms with Crippen LogP contribution in [-0.2, 0) is 5.67 Å². The summed E-state index contributed by atoms with van der Waals surface area (Å²) in [5.41, 5.74) is -6.46. The third-order valence-electron chi connectivity index (χ3n) is 3.32. The monoisotopic (exact) mass is 522 g/mol. The number of alkyl halides is 4. The molecule has 1 unspecified atom stereocenters. The lowest BCUT2D eigenvalue weighted by atomic mass is 9.97. The average Bonchev–Trinajstić information content (AvgIpc) is 2.56. The van der Waals surface area contributed by atoms with Crippen molar-refractivity contribution in [1.29, 1.82) is 0 Å². The first-order valence-corrected chi connectivity index (χ1v) is 8.06. The molecule has 0 saturated carbocycles. The maximum atomic E-state index is 13.4. The predicted octanol–water partition coefficient (Wildman–Crippen LogP) is 5.82. The number of nitro groups is 2. The topological polar surface area (TPSA) is 86.3 Å². The molecule has 152 valence electrons. The van der Waals surface area contributed by atoms with E-state index in [1.54, 1.807) is 0 Å². The molecule has 0 bridgehead atoms. The summed E-state index contributed by atoms with van der Waals surface area (Å²) in [6, 6.07) is 4.94. The summed E-state index contributed by atoms with van der Waals surface area (Å²) in [6.45, 7) is 0.212. The summed E-state index contributed by atoms with van der Waals surface area (Å²) < 4.78 is 76.5. The van der Waals surface area contributed by atoms with Crippen LogP contribution in [0, 0.1) is 35.4 Å². The average molecular weight is 522 g/mol. The maximum absolute atomic E-state index is 13.4. The van der Waals surface area contributed by atoms with Gasteiger partial charge in [0.25, 0.3) is 0 Å². The van der Waals surface area contributed by atoms with Crippen molar-refractivity contribution in [2.24, 2.45) is 0 Å². The van der Waals surface area contributed by atoms with Crippen molar-refractivity contribution in [2.75, 3.05) is 0 Å². The molecule has 2 aromatic carbocycles. The smallest absolute Gasteiger partial charge is 0.258 e. The molecule has 2 rings (SSSR count). The van der Waals surface area contributed by atoms with Crippen LogP contribution in [0.5, 0.6) is 0 Å². The second kappa shape index (κ2) is 8.70. The van der Waals surface area contributed by atoms with Crippen molar-refractivity contribution < 1.29 is 36.2 Å². The molecule has 0 fully saturated rings. The molecule has 0 saturated heterocycles. The zero-order valence-corrected chi connectivity index (χ0v) is 15.8. The number of hydrogen-bond acceptors (Lipinski definition) is 4. The van der Waals surface area contributed by atoms with E-state index < -0.39 is 50.3 Å². The Morgan fingerprint density at radius 1 is 0.857 bits per heavy atom. The maximum Gasteiger partial charge on any atom is 0.426 e. The van der Waals surface area contributed by atoms with Gasteiger partial charge in [-0.3, -0.25) is 20.2 Å². The molecule has 28 heavy (non-hydrogen) atoms. The third kappa shape index (κ3) is 5.53. The number of rotatable bonds is 3. The normalized spacial score (nSPS) is 13.1. The summed E-state index contributed by atoms with van der Waals surface area (Å²) in [7, 11) is 0. The molecule has 0 amide bonds. The van der Waals surface area contributed by atoms with E-state index in [1.165, 1.54) is 12.1 Å². The minimum Gasteiger partial charge on any atom is -0.258 e. The molecule has 0 radical (unpaired) electrons.